The highest BCUT2D eigenvalue weighted by Gasteiger charge is 2.52. The predicted molar refractivity (Wildman–Crippen MR) is 274 cm³/mol. The van der Waals surface area contributed by atoms with Crippen molar-refractivity contribution in [1.82, 2.24) is 0 Å². The Labute approximate surface area is 389 Å². The second-order valence-electron chi connectivity index (χ2n) is 21.3. The second kappa shape index (κ2) is 24.2. The van der Waals surface area contributed by atoms with Gasteiger partial charge in [0.05, 0.1) is 0 Å². The fourth-order valence-corrected chi connectivity index (χ4v) is 15.5. The fraction of sp³-hybridized carbons (Fsp3) is 0.846. The molecular formula is C52H94O4S4. The average molecular weight is 912 g/mol. The molecule has 12 unspecified atom stereocenters. The zero-order chi connectivity index (χ0) is 47.6. The van der Waals surface area contributed by atoms with Crippen LogP contribution in [0.2, 0.25) is 0 Å². The Morgan fingerprint density at radius 1 is 0.617 bits per heavy atom. The molecule has 0 aliphatic rings. The van der Waals surface area contributed by atoms with Crippen LogP contribution in [0.25, 0.3) is 0 Å². The van der Waals surface area contributed by atoms with Crippen LogP contribution in [0.4, 0.5) is 0 Å². The third-order valence-corrected chi connectivity index (χ3v) is 21.8. The first-order valence-corrected chi connectivity index (χ1v) is 26.5. The minimum absolute atomic E-state index is 0.122. The lowest BCUT2D eigenvalue weighted by Crippen LogP contribution is -2.48. The summed E-state index contributed by atoms with van der Waals surface area (Å²) in [7, 11) is 0. The lowest BCUT2D eigenvalue weighted by Gasteiger charge is -2.54. The number of rotatable bonds is 25. The summed E-state index contributed by atoms with van der Waals surface area (Å²) in [5.41, 5.74) is 3.66. The number of thioether (sulfide) groups is 4. The van der Waals surface area contributed by atoms with E-state index in [9.17, 15) is 19.2 Å². The molecule has 0 aliphatic heterocycles. The van der Waals surface area contributed by atoms with Gasteiger partial charge in [-0.05, 0) is 145 Å². The molecule has 0 N–H and O–H groups in total. The Bertz CT molecular complexity index is 1520. The first kappa shape index (κ1) is 59.6. The van der Waals surface area contributed by atoms with Crippen molar-refractivity contribution in [2.45, 2.75) is 231 Å². The third-order valence-electron chi connectivity index (χ3n) is 16.3. The highest BCUT2D eigenvalue weighted by Crippen LogP contribution is 2.59. The number of hydrogen-bond donors (Lipinski definition) is 0. The summed E-state index contributed by atoms with van der Waals surface area (Å²) in [6.45, 7) is 53.0. The highest BCUT2D eigenvalue weighted by molar-refractivity contribution is 8.15. The molecule has 60 heavy (non-hydrogen) atoms. The molecular weight excluding hydrogens is 817 g/mol. The Kier molecular flexibility index (Phi) is 24.0. The first-order chi connectivity index (χ1) is 27.1. The van der Waals surface area contributed by atoms with Gasteiger partial charge in [0.15, 0.2) is 20.5 Å². The molecule has 0 fully saturated rings. The summed E-state index contributed by atoms with van der Waals surface area (Å²) in [5, 5.41) is 0.739. The summed E-state index contributed by atoms with van der Waals surface area (Å²) in [4.78, 5) is 51.3. The van der Waals surface area contributed by atoms with Gasteiger partial charge in [0.25, 0.3) is 0 Å². The minimum atomic E-state index is -0.331. The van der Waals surface area contributed by atoms with Gasteiger partial charge >= 0.3 is 0 Å². The largest absolute Gasteiger partial charge is 0.288 e. The van der Waals surface area contributed by atoms with Gasteiger partial charge in [-0.25, -0.2) is 0 Å². The van der Waals surface area contributed by atoms with E-state index in [-0.39, 0.29) is 79.9 Å². The molecule has 0 spiro atoms. The molecule has 0 bridgehead atoms. The maximum Gasteiger partial charge on any atom is 0.186 e. The molecule has 0 saturated carbocycles. The molecule has 0 saturated heterocycles. The average Bonchev–Trinajstić information content (AvgIpc) is 3.10. The van der Waals surface area contributed by atoms with E-state index in [4.69, 9.17) is 0 Å². The maximum atomic E-state index is 13.3. The van der Waals surface area contributed by atoms with E-state index >= 15 is 0 Å². The first-order valence-electron chi connectivity index (χ1n) is 23.1. The van der Waals surface area contributed by atoms with Crippen LogP contribution in [-0.2, 0) is 19.2 Å². The van der Waals surface area contributed by atoms with Gasteiger partial charge in [0, 0.05) is 47.2 Å². The fourth-order valence-electron chi connectivity index (χ4n) is 10.7. The Hall–Kier alpha value is -0.440. The van der Waals surface area contributed by atoms with E-state index in [1.807, 2.05) is 0 Å². The summed E-state index contributed by atoms with van der Waals surface area (Å²) in [6.07, 6.45) is 8.85. The van der Waals surface area contributed by atoms with Crippen LogP contribution >= 0.6 is 47.0 Å². The molecule has 12 atom stereocenters. The molecule has 0 aliphatic carbocycles. The van der Waals surface area contributed by atoms with Crippen molar-refractivity contribution in [2.75, 3.05) is 0 Å². The Balaban J connectivity index is 7.31. The SMILES string of the molecule is C/C=C(\C)C(C)(CC(C)C(C)(SC(C)=O)C(C)CC(C)C(C)C(C)(CC(C)/C(C)=C(\C)CC)SC(C)=O)CC(C)(CC(C)(C)C(C)(CC)SC(C)=O)C(C)C(C)SC(C)=O. The van der Waals surface area contributed by atoms with Crippen LogP contribution in [0.5, 0.6) is 0 Å². The number of carbonyl (C=O) groups is 4. The van der Waals surface area contributed by atoms with Gasteiger partial charge in [-0.1, -0.05) is 160 Å². The quantitative estimate of drug-likeness (QED) is 0.0839. The number of allylic oxidation sites excluding steroid dienone is 4. The smallest absolute Gasteiger partial charge is 0.186 e. The molecule has 0 aromatic heterocycles. The molecule has 0 heterocycles. The summed E-state index contributed by atoms with van der Waals surface area (Å²) in [5.74, 6) is 1.62. The third kappa shape index (κ3) is 16.2. The zero-order valence-corrected chi connectivity index (χ0v) is 46.6. The summed E-state index contributed by atoms with van der Waals surface area (Å²) >= 11 is 5.99. The van der Waals surface area contributed by atoms with Crippen molar-refractivity contribution in [1.29, 1.82) is 0 Å². The Morgan fingerprint density at radius 3 is 1.53 bits per heavy atom. The van der Waals surface area contributed by atoms with E-state index in [2.05, 4.69) is 145 Å². The second-order valence-corrected chi connectivity index (χ2v) is 27.9. The van der Waals surface area contributed by atoms with Gasteiger partial charge in [0.2, 0.25) is 0 Å². The van der Waals surface area contributed by atoms with E-state index in [1.165, 1.54) is 63.8 Å². The van der Waals surface area contributed by atoms with Crippen molar-refractivity contribution in [3.05, 3.63) is 22.8 Å². The maximum absolute atomic E-state index is 13.3. The van der Waals surface area contributed by atoms with Crippen LogP contribution < -0.4 is 0 Å². The van der Waals surface area contributed by atoms with E-state index in [1.54, 1.807) is 27.7 Å². The van der Waals surface area contributed by atoms with E-state index in [0.717, 1.165) is 44.9 Å². The van der Waals surface area contributed by atoms with Crippen molar-refractivity contribution in [2.24, 2.45) is 51.8 Å². The van der Waals surface area contributed by atoms with Crippen molar-refractivity contribution in [3.8, 4) is 0 Å². The van der Waals surface area contributed by atoms with Crippen molar-refractivity contribution >= 4 is 67.5 Å². The van der Waals surface area contributed by atoms with Crippen LogP contribution in [0.15, 0.2) is 22.8 Å². The van der Waals surface area contributed by atoms with Crippen LogP contribution in [0.3, 0.4) is 0 Å². The van der Waals surface area contributed by atoms with Crippen LogP contribution in [0, 0.1) is 51.8 Å². The minimum Gasteiger partial charge on any atom is -0.288 e. The van der Waals surface area contributed by atoms with Crippen LogP contribution in [0.1, 0.15) is 211 Å². The van der Waals surface area contributed by atoms with E-state index in [0.29, 0.717) is 11.8 Å². The van der Waals surface area contributed by atoms with E-state index < -0.39 is 0 Å². The van der Waals surface area contributed by atoms with Gasteiger partial charge < -0.3 is 0 Å². The molecule has 4 nitrogen and oxygen atoms in total. The van der Waals surface area contributed by atoms with Gasteiger partial charge in [-0.15, -0.1) is 0 Å². The van der Waals surface area contributed by atoms with Gasteiger partial charge in [0.1, 0.15) is 0 Å². The Morgan fingerprint density at radius 2 is 1.12 bits per heavy atom. The van der Waals surface area contributed by atoms with Crippen molar-refractivity contribution in [3.63, 3.8) is 0 Å². The monoisotopic (exact) mass is 911 g/mol. The molecule has 0 aromatic carbocycles. The lowest BCUT2D eigenvalue weighted by atomic mass is 9.55. The molecule has 350 valence electrons. The van der Waals surface area contributed by atoms with Gasteiger partial charge in [-0.2, -0.15) is 0 Å². The summed E-state index contributed by atoms with van der Waals surface area (Å²) < 4.78 is -0.806. The number of hydrogen-bond acceptors (Lipinski definition) is 8. The highest BCUT2D eigenvalue weighted by atomic mass is 32.2. The molecule has 0 aromatic rings. The molecule has 0 amide bonds. The van der Waals surface area contributed by atoms with Gasteiger partial charge in [-0.3, -0.25) is 19.2 Å². The molecule has 8 heteroatoms. The van der Waals surface area contributed by atoms with Crippen molar-refractivity contribution < 1.29 is 19.2 Å². The molecule has 0 radical (unpaired) electrons. The predicted octanol–water partition coefficient (Wildman–Crippen LogP) is 16.7. The molecule has 0 rings (SSSR count). The zero-order valence-electron chi connectivity index (χ0n) is 43.3. The lowest BCUT2D eigenvalue weighted by molar-refractivity contribution is -0.110. The standard InChI is InChI=1S/C52H94O4S4/c1-25-33(4)39(10)35(6)29-50(22,58-44(15)54)40(11)34(5)28-37(8)52(24,60-46(17)56)38(9)30-48(20,36(7)26-2)32-49(21,41(12)42(13)57-43(14)53)31-47(18,19)51(23,27-3)59-45(16)55/h26,34-35,37-38,40-42H,25,27-32H2,1-24H3/b36-26+,39-33+. The summed E-state index contributed by atoms with van der Waals surface area (Å²) in [6, 6.07) is 0. The van der Waals surface area contributed by atoms with Crippen LogP contribution in [-0.4, -0.2) is 40.0 Å². The number of carbonyl (C=O) groups excluding carboxylic acids is 4. The topological polar surface area (TPSA) is 68.3 Å². The normalized spacial score (nSPS) is 21.9.